The van der Waals surface area contributed by atoms with E-state index in [2.05, 4.69) is 29.7 Å². The number of fused-ring (bicyclic) bond motifs is 1. The molecular formula is C18H30N2O. The molecule has 3 unspecified atom stereocenters. The molecule has 3 heteroatoms. The molecule has 3 atom stereocenters. The molecule has 118 valence electrons. The fraction of sp³-hybridized carbons (Fsp3) is 0.778. The van der Waals surface area contributed by atoms with E-state index in [4.69, 9.17) is 4.42 Å². The van der Waals surface area contributed by atoms with Crippen LogP contribution in [0.2, 0.25) is 0 Å². The number of hydrogen-bond donors (Lipinski definition) is 0. The molecule has 2 aliphatic heterocycles. The fourth-order valence-electron chi connectivity index (χ4n) is 4.15. The number of hydrogen-bond acceptors (Lipinski definition) is 3. The first-order valence-corrected chi connectivity index (χ1v) is 8.80. The molecule has 1 aromatic rings. The van der Waals surface area contributed by atoms with E-state index in [0.29, 0.717) is 6.04 Å². The highest BCUT2D eigenvalue weighted by Crippen LogP contribution is 2.27. The summed E-state index contributed by atoms with van der Waals surface area (Å²) in [5.41, 5.74) is 0. The highest BCUT2D eigenvalue weighted by molar-refractivity contribution is 4.99. The molecule has 1 aromatic heterocycles. The van der Waals surface area contributed by atoms with Crippen LogP contribution in [0, 0.1) is 0 Å². The monoisotopic (exact) mass is 290 g/mol. The van der Waals surface area contributed by atoms with Crippen molar-refractivity contribution < 1.29 is 4.42 Å². The average Bonchev–Trinajstić information content (AvgIpc) is 3.04. The topological polar surface area (TPSA) is 19.6 Å². The van der Waals surface area contributed by atoms with Crippen molar-refractivity contribution in [1.29, 1.82) is 0 Å². The molecule has 0 amide bonds. The van der Waals surface area contributed by atoms with Gasteiger partial charge in [0.15, 0.2) is 0 Å². The van der Waals surface area contributed by atoms with Crippen molar-refractivity contribution in [3.05, 3.63) is 24.2 Å². The standard InChI is InChI=1S/C18H30N2O/c1-3-16-13-19-11-5-4-7-17(19)14-20(16)15(2)9-10-18-8-6-12-21-18/h6,8,12,15-17H,3-5,7,9-11,13-14H2,1-2H3. The molecular weight excluding hydrogens is 260 g/mol. The number of piperazine rings is 1. The van der Waals surface area contributed by atoms with Gasteiger partial charge < -0.3 is 4.42 Å². The third kappa shape index (κ3) is 3.51. The van der Waals surface area contributed by atoms with Gasteiger partial charge in [-0.1, -0.05) is 13.3 Å². The predicted molar refractivity (Wildman–Crippen MR) is 86.5 cm³/mol. The molecule has 0 bridgehead atoms. The smallest absolute Gasteiger partial charge is 0.103 e. The van der Waals surface area contributed by atoms with Crippen LogP contribution in [0.1, 0.15) is 51.7 Å². The normalized spacial score (nSPS) is 29.2. The van der Waals surface area contributed by atoms with Crippen LogP contribution in [0.4, 0.5) is 0 Å². The first kappa shape index (κ1) is 15.1. The second-order valence-electron chi connectivity index (χ2n) is 6.87. The van der Waals surface area contributed by atoms with Crippen molar-refractivity contribution >= 4 is 0 Å². The molecule has 0 saturated carbocycles. The Morgan fingerprint density at radius 1 is 1.33 bits per heavy atom. The summed E-state index contributed by atoms with van der Waals surface area (Å²) in [5.74, 6) is 1.13. The largest absolute Gasteiger partial charge is 0.469 e. The first-order valence-electron chi connectivity index (χ1n) is 8.80. The summed E-state index contributed by atoms with van der Waals surface area (Å²) in [5, 5.41) is 0. The molecule has 2 saturated heterocycles. The first-order chi connectivity index (χ1) is 10.3. The maximum absolute atomic E-state index is 5.48. The fourth-order valence-corrected chi connectivity index (χ4v) is 4.15. The lowest BCUT2D eigenvalue weighted by molar-refractivity contribution is -0.0134. The molecule has 0 N–H and O–H groups in total. The van der Waals surface area contributed by atoms with E-state index >= 15 is 0 Å². The van der Waals surface area contributed by atoms with Gasteiger partial charge in [-0.25, -0.2) is 0 Å². The van der Waals surface area contributed by atoms with E-state index in [0.717, 1.165) is 24.3 Å². The minimum Gasteiger partial charge on any atom is -0.469 e. The Morgan fingerprint density at radius 2 is 2.24 bits per heavy atom. The molecule has 3 nitrogen and oxygen atoms in total. The van der Waals surface area contributed by atoms with E-state index in [-0.39, 0.29) is 0 Å². The van der Waals surface area contributed by atoms with E-state index in [1.807, 2.05) is 6.07 Å². The van der Waals surface area contributed by atoms with Crippen LogP contribution in [-0.4, -0.2) is 47.6 Å². The number of nitrogens with zero attached hydrogens (tertiary/aromatic N) is 2. The van der Waals surface area contributed by atoms with E-state index in [1.54, 1.807) is 6.26 Å². The Bertz CT molecular complexity index is 417. The zero-order valence-corrected chi connectivity index (χ0v) is 13.6. The van der Waals surface area contributed by atoms with Crippen molar-refractivity contribution in [2.75, 3.05) is 19.6 Å². The maximum atomic E-state index is 5.48. The van der Waals surface area contributed by atoms with Gasteiger partial charge in [0.05, 0.1) is 6.26 Å². The number of rotatable bonds is 5. The van der Waals surface area contributed by atoms with Gasteiger partial charge in [0.25, 0.3) is 0 Å². The molecule has 0 aliphatic carbocycles. The highest BCUT2D eigenvalue weighted by Gasteiger charge is 2.35. The number of aryl methyl sites for hydroxylation is 1. The lowest BCUT2D eigenvalue weighted by Gasteiger charge is -2.50. The van der Waals surface area contributed by atoms with Crippen LogP contribution in [0.15, 0.2) is 22.8 Å². The lowest BCUT2D eigenvalue weighted by Crippen LogP contribution is -2.61. The summed E-state index contributed by atoms with van der Waals surface area (Å²) in [4.78, 5) is 5.54. The van der Waals surface area contributed by atoms with Crippen LogP contribution in [-0.2, 0) is 6.42 Å². The summed E-state index contributed by atoms with van der Waals surface area (Å²) >= 11 is 0. The zero-order chi connectivity index (χ0) is 14.7. The number of piperidine rings is 1. The summed E-state index contributed by atoms with van der Waals surface area (Å²) in [6.45, 7) is 8.64. The molecule has 0 radical (unpaired) electrons. The lowest BCUT2D eigenvalue weighted by atomic mass is 9.94. The molecule has 3 rings (SSSR count). The molecule has 2 fully saturated rings. The quantitative estimate of drug-likeness (QED) is 0.827. The Labute approximate surface area is 129 Å². The second kappa shape index (κ2) is 6.97. The zero-order valence-electron chi connectivity index (χ0n) is 13.6. The van der Waals surface area contributed by atoms with Crippen LogP contribution in [0.5, 0.6) is 0 Å². The molecule has 2 aliphatic rings. The minimum absolute atomic E-state index is 0.657. The Balaban J connectivity index is 1.58. The SMILES string of the molecule is CCC1CN2CCCCC2CN1C(C)CCc1ccco1. The predicted octanol–water partition coefficient (Wildman–Crippen LogP) is 3.55. The Hall–Kier alpha value is -0.800. The Kier molecular flexibility index (Phi) is 5.02. The average molecular weight is 290 g/mol. The number of furan rings is 1. The van der Waals surface area contributed by atoms with Gasteiger partial charge in [0, 0.05) is 37.6 Å². The van der Waals surface area contributed by atoms with Gasteiger partial charge in [0.1, 0.15) is 5.76 Å². The van der Waals surface area contributed by atoms with Crippen LogP contribution >= 0.6 is 0 Å². The van der Waals surface area contributed by atoms with E-state index in [1.165, 1.54) is 51.7 Å². The van der Waals surface area contributed by atoms with Gasteiger partial charge in [-0.15, -0.1) is 0 Å². The summed E-state index contributed by atoms with van der Waals surface area (Å²) in [6.07, 6.45) is 9.56. The van der Waals surface area contributed by atoms with Gasteiger partial charge in [-0.05, 0) is 51.3 Å². The maximum Gasteiger partial charge on any atom is 0.103 e. The summed E-state index contributed by atoms with van der Waals surface area (Å²) in [6, 6.07) is 6.31. The molecule has 21 heavy (non-hydrogen) atoms. The van der Waals surface area contributed by atoms with Crippen molar-refractivity contribution in [2.24, 2.45) is 0 Å². The van der Waals surface area contributed by atoms with Crippen LogP contribution < -0.4 is 0 Å². The molecule has 3 heterocycles. The molecule has 0 spiro atoms. The summed E-state index contributed by atoms with van der Waals surface area (Å²) in [7, 11) is 0. The highest BCUT2D eigenvalue weighted by atomic mass is 16.3. The second-order valence-corrected chi connectivity index (χ2v) is 6.87. The van der Waals surface area contributed by atoms with Crippen molar-refractivity contribution in [2.45, 2.75) is 70.5 Å². The van der Waals surface area contributed by atoms with Crippen molar-refractivity contribution in [3.8, 4) is 0 Å². The summed E-state index contributed by atoms with van der Waals surface area (Å²) < 4.78 is 5.48. The van der Waals surface area contributed by atoms with Crippen LogP contribution in [0.25, 0.3) is 0 Å². The Morgan fingerprint density at radius 3 is 3.00 bits per heavy atom. The van der Waals surface area contributed by atoms with Gasteiger partial charge in [-0.3, -0.25) is 9.80 Å². The van der Waals surface area contributed by atoms with E-state index in [9.17, 15) is 0 Å². The molecule has 0 aromatic carbocycles. The van der Waals surface area contributed by atoms with Gasteiger partial charge >= 0.3 is 0 Å². The van der Waals surface area contributed by atoms with E-state index < -0.39 is 0 Å². The van der Waals surface area contributed by atoms with Crippen molar-refractivity contribution in [3.63, 3.8) is 0 Å². The third-order valence-corrected chi connectivity index (χ3v) is 5.51. The van der Waals surface area contributed by atoms with Crippen molar-refractivity contribution in [1.82, 2.24) is 9.80 Å². The van der Waals surface area contributed by atoms with Crippen LogP contribution in [0.3, 0.4) is 0 Å². The van der Waals surface area contributed by atoms with Gasteiger partial charge in [0.2, 0.25) is 0 Å². The van der Waals surface area contributed by atoms with Gasteiger partial charge in [-0.2, -0.15) is 0 Å². The third-order valence-electron chi connectivity index (χ3n) is 5.51. The minimum atomic E-state index is 0.657.